The summed E-state index contributed by atoms with van der Waals surface area (Å²) in [7, 11) is 0. The summed E-state index contributed by atoms with van der Waals surface area (Å²) in [5, 5.41) is 25.9. The van der Waals surface area contributed by atoms with E-state index in [4.69, 9.17) is 0 Å². The molecule has 0 spiro atoms. The van der Waals surface area contributed by atoms with Gasteiger partial charge in [-0.15, -0.1) is 11.3 Å². The molecule has 2 aliphatic rings. The highest BCUT2D eigenvalue weighted by Crippen LogP contribution is 2.21. The first kappa shape index (κ1) is 41.0. The first-order chi connectivity index (χ1) is 28.1. The Morgan fingerprint density at radius 2 is 1.19 bits per heavy atom. The van der Waals surface area contributed by atoms with E-state index in [2.05, 4.69) is 26.6 Å². The Hall–Kier alpha value is -6.60. The summed E-state index contributed by atoms with van der Waals surface area (Å²) in [6.45, 7) is 0. The van der Waals surface area contributed by atoms with Crippen molar-refractivity contribution >= 4 is 52.5 Å². The quantitative estimate of drug-likeness (QED) is 0.122. The molecule has 2 bridgehead atoms. The molecule has 13 heteroatoms. The van der Waals surface area contributed by atoms with E-state index in [1.54, 1.807) is 24.3 Å². The summed E-state index contributed by atoms with van der Waals surface area (Å²) in [5.74, 6) is -3.94. The van der Waals surface area contributed by atoms with Crippen molar-refractivity contribution in [1.82, 2.24) is 21.3 Å². The molecule has 3 heterocycles. The number of benzene rings is 4. The highest BCUT2D eigenvalue weighted by Gasteiger charge is 2.30. The maximum atomic E-state index is 14.4. The fourth-order valence-corrected chi connectivity index (χ4v) is 7.50. The number of hydrogen-bond acceptors (Lipinski definition) is 7. The first-order valence-corrected chi connectivity index (χ1v) is 20.0. The smallest absolute Gasteiger partial charge is 0.326 e. The van der Waals surface area contributed by atoms with E-state index in [1.165, 1.54) is 11.3 Å². The fraction of sp³-hybridized carbons (Fsp3) is 0.244. The molecule has 1 aromatic heterocycles. The number of fused-ring (bicyclic) bond motifs is 19. The zero-order chi connectivity index (χ0) is 40.9. The van der Waals surface area contributed by atoms with Crippen molar-refractivity contribution < 1.29 is 33.9 Å². The molecule has 58 heavy (non-hydrogen) atoms. The molecule has 7 rings (SSSR count). The number of carbonyl (C=O) groups excluding carboxylic acids is 5. The van der Waals surface area contributed by atoms with Crippen molar-refractivity contribution in [2.45, 2.75) is 69.1 Å². The normalized spacial score (nSPS) is 20.0. The molecule has 0 radical (unpaired) electrons. The highest BCUT2D eigenvalue weighted by molar-refractivity contribution is 7.09. The Bertz CT molecular complexity index is 2180. The maximum Gasteiger partial charge on any atom is 0.326 e. The number of carboxylic acid groups (broad SMARTS) is 1. The second kappa shape index (κ2) is 20.0. The minimum atomic E-state index is -1.27. The number of thiophene rings is 1. The van der Waals surface area contributed by atoms with Crippen molar-refractivity contribution in [2.75, 3.05) is 5.32 Å². The van der Waals surface area contributed by atoms with Gasteiger partial charge >= 0.3 is 5.97 Å². The van der Waals surface area contributed by atoms with Gasteiger partial charge in [0.1, 0.15) is 18.1 Å². The van der Waals surface area contributed by atoms with Crippen LogP contribution in [0, 0.1) is 0 Å². The standard InChI is InChI=1S/C45H45N5O7S/c51-40-21-22-41(52)48-38(28-36-12-7-23-58-36)44(55)50-37(25-30-13-17-33(18-14-30)32-10-5-2-6-11-32)43(54)47-35(24-29-8-3-1-4-9-29)27-42(53)49-39(45(56)57)26-31-15-19-34(46-40)20-16-31/h1-20,23,35,37-39H,21-22,24-28H2,(H,46,51)(H,47,54)(H,48,52)(H,49,53)(H,50,55)(H,56,57). The van der Waals surface area contributed by atoms with Crippen LogP contribution in [0.25, 0.3) is 11.1 Å². The molecule has 0 saturated carbocycles. The third kappa shape index (κ3) is 12.2. The number of amides is 5. The summed E-state index contributed by atoms with van der Waals surface area (Å²) in [6, 6.07) is 32.6. The van der Waals surface area contributed by atoms with E-state index in [0.717, 1.165) is 27.1 Å². The Morgan fingerprint density at radius 1 is 0.569 bits per heavy atom. The van der Waals surface area contributed by atoms with E-state index in [1.807, 2.05) is 102 Å². The lowest BCUT2D eigenvalue weighted by Crippen LogP contribution is -2.56. The van der Waals surface area contributed by atoms with Gasteiger partial charge in [0.05, 0.1) is 0 Å². The lowest BCUT2D eigenvalue weighted by atomic mass is 9.98. The van der Waals surface area contributed by atoms with Crippen LogP contribution in [0.1, 0.15) is 40.8 Å². The van der Waals surface area contributed by atoms with E-state index in [9.17, 15) is 33.9 Å². The fourth-order valence-electron chi connectivity index (χ4n) is 6.75. The molecule has 5 amide bonds. The zero-order valence-corrected chi connectivity index (χ0v) is 32.5. The molecule has 4 atom stereocenters. The Labute approximate surface area is 340 Å². The van der Waals surface area contributed by atoms with Crippen LogP contribution >= 0.6 is 11.3 Å². The summed E-state index contributed by atoms with van der Waals surface area (Å²) in [5.41, 5.74) is 4.62. The van der Waals surface area contributed by atoms with Crippen LogP contribution in [-0.2, 0) is 54.5 Å². The largest absolute Gasteiger partial charge is 0.480 e. The predicted octanol–water partition coefficient (Wildman–Crippen LogP) is 4.83. The van der Waals surface area contributed by atoms with Gasteiger partial charge in [0, 0.05) is 55.1 Å². The average Bonchev–Trinajstić information content (AvgIpc) is 3.74. The zero-order valence-electron chi connectivity index (χ0n) is 31.7. The van der Waals surface area contributed by atoms with Crippen LogP contribution < -0.4 is 26.6 Å². The van der Waals surface area contributed by atoms with E-state index in [0.29, 0.717) is 11.3 Å². The van der Waals surface area contributed by atoms with Gasteiger partial charge < -0.3 is 31.7 Å². The van der Waals surface area contributed by atoms with Crippen LogP contribution in [-0.4, -0.2) is 64.8 Å². The first-order valence-electron chi connectivity index (χ1n) is 19.1. The molecule has 4 unspecified atom stereocenters. The van der Waals surface area contributed by atoms with Gasteiger partial charge in [0.25, 0.3) is 0 Å². The number of hydrogen-bond donors (Lipinski definition) is 6. The van der Waals surface area contributed by atoms with E-state index < -0.39 is 59.7 Å². The molecule has 0 saturated heterocycles. The summed E-state index contributed by atoms with van der Waals surface area (Å²) < 4.78 is 0. The maximum absolute atomic E-state index is 14.4. The van der Waals surface area contributed by atoms with Crippen LogP contribution in [0.15, 0.2) is 127 Å². The molecule has 12 nitrogen and oxygen atoms in total. The van der Waals surface area contributed by atoms with Crippen molar-refractivity contribution in [3.05, 3.63) is 148 Å². The van der Waals surface area contributed by atoms with Crippen LogP contribution in [0.2, 0.25) is 0 Å². The third-order valence-corrected chi connectivity index (χ3v) is 10.7. The SMILES string of the molecule is O=C1CCC(=O)NC(Cc2cccs2)C(=O)NC(Cc2ccc(-c3ccccc3)cc2)C(=O)NC(Cc2ccccc2)CC(=O)NC(C(=O)O)Cc2ccc(cc2)N1. The number of carbonyl (C=O) groups is 6. The van der Waals surface area contributed by atoms with Crippen molar-refractivity contribution in [1.29, 1.82) is 0 Å². The van der Waals surface area contributed by atoms with Gasteiger partial charge in [-0.25, -0.2) is 4.79 Å². The third-order valence-electron chi connectivity index (χ3n) is 9.76. The Kier molecular flexibility index (Phi) is 14.2. The van der Waals surface area contributed by atoms with Gasteiger partial charge in [0.15, 0.2) is 0 Å². The molecule has 298 valence electrons. The minimum Gasteiger partial charge on any atom is -0.480 e. The lowest BCUT2D eigenvalue weighted by molar-refractivity contribution is -0.142. The number of carboxylic acids is 1. The number of rotatable bonds is 8. The van der Waals surface area contributed by atoms with Crippen LogP contribution in [0.3, 0.4) is 0 Å². The Morgan fingerprint density at radius 3 is 1.86 bits per heavy atom. The molecule has 0 aliphatic carbocycles. The summed E-state index contributed by atoms with van der Waals surface area (Å²) in [4.78, 5) is 81.3. The molecule has 5 aromatic rings. The molecular weight excluding hydrogens is 755 g/mol. The monoisotopic (exact) mass is 799 g/mol. The van der Waals surface area contributed by atoms with Gasteiger partial charge in [-0.1, -0.05) is 103 Å². The van der Waals surface area contributed by atoms with Crippen molar-refractivity contribution in [3.8, 4) is 11.1 Å². The number of aliphatic carboxylic acids is 1. The number of nitrogens with one attached hydrogen (secondary N) is 5. The minimum absolute atomic E-state index is 0.0327. The van der Waals surface area contributed by atoms with Gasteiger partial charge in [-0.3, -0.25) is 24.0 Å². The molecular formula is C45H45N5O7S. The predicted molar refractivity (Wildman–Crippen MR) is 222 cm³/mol. The number of anilines is 1. The van der Waals surface area contributed by atoms with Crippen LogP contribution in [0.4, 0.5) is 5.69 Å². The van der Waals surface area contributed by atoms with E-state index >= 15 is 0 Å². The molecule has 2 aliphatic heterocycles. The topological polar surface area (TPSA) is 183 Å². The highest BCUT2D eigenvalue weighted by atomic mass is 32.1. The average molecular weight is 800 g/mol. The van der Waals surface area contributed by atoms with Crippen molar-refractivity contribution in [3.63, 3.8) is 0 Å². The summed E-state index contributed by atoms with van der Waals surface area (Å²) >= 11 is 1.42. The summed E-state index contributed by atoms with van der Waals surface area (Å²) in [6.07, 6.45) is -0.175. The van der Waals surface area contributed by atoms with Crippen LogP contribution in [0.5, 0.6) is 0 Å². The van der Waals surface area contributed by atoms with Gasteiger partial charge in [-0.05, 0) is 57.8 Å². The molecule has 0 fully saturated rings. The molecule has 6 N–H and O–H groups in total. The van der Waals surface area contributed by atoms with Gasteiger partial charge in [-0.2, -0.15) is 0 Å². The molecule has 4 aromatic carbocycles. The Balaban J connectivity index is 1.32. The lowest BCUT2D eigenvalue weighted by Gasteiger charge is -2.26. The van der Waals surface area contributed by atoms with Crippen molar-refractivity contribution in [2.24, 2.45) is 0 Å². The second-order valence-electron chi connectivity index (χ2n) is 14.2. The second-order valence-corrected chi connectivity index (χ2v) is 15.3. The van der Waals surface area contributed by atoms with E-state index in [-0.39, 0.29) is 44.9 Å². The van der Waals surface area contributed by atoms with Gasteiger partial charge in [0.2, 0.25) is 29.5 Å².